The Kier molecular flexibility index (Phi) is 1.85. The molecular formula is C15H22O. The quantitative estimate of drug-likeness (QED) is 0.568. The van der Waals surface area contributed by atoms with Gasteiger partial charge in [0.2, 0.25) is 0 Å². The lowest BCUT2D eigenvalue weighted by atomic mass is 9.61. The first-order valence-corrected chi connectivity index (χ1v) is 6.66. The van der Waals surface area contributed by atoms with Gasteiger partial charge in [0.25, 0.3) is 0 Å². The second-order valence-corrected chi connectivity index (χ2v) is 6.60. The molecule has 0 radical (unpaired) electrons. The molecule has 0 aromatic rings. The molecule has 0 heterocycles. The molecule has 5 atom stereocenters. The van der Waals surface area contributed by atoms with Crippen molar-refractivity contribution in [2.24, 2.45) is 28.6 Å². The topological polar surface area (TPSA) is 17.1 Å². The van der Waals surface area contributed by atoms with Crippen molar-refractivity contribution in [2.75, 3.05) is 0 Å². The van der Waals surface area contributed by atoms with Gasteiger partial charge in [-0.15, -0.1) is 0 Å². The van der Waals surface area contributed by atoms with Crippen molar-refractivity contribution in [3.63, 3.8) is 0 Å². The SMILES string of the molecule is CC1=C[C@]2(C)C(=O)C[C@H]3[C@H](C)CC[C@@]32[C@H]1C. The summed E-state index contributed by atoms with van der Waals surface area (Å²) in [4.78, 5) is 12.4. The summed E-state index contributed by atoms with van der Waals surface area (Å²) in [5, 5.41) is 0. The summed E-state index contributed by atoms with van der Waals surface area (Å²) in [7, 11) is 0. The van der Waals surface area contributed by atoms with Gasteiger partial charge >= 0.3 is 0 Å². The molecule has 3 aliphatic rings. The first-order chi connectivity index (χ1) is 7.43. The predicted octanol–water partition coefficient (Wildman–Crippen LogP) is 3.59. The Labute approximate surface area is 98.3 Å². The summed E-state index contributed by atoms with van der Waals surface area (Å²) in [6, 6.07) is 0. The molecule has 3 aliphatic carbocycles. The summed E-state index contributed by atoms with van der Waals surface area (Å²) in [5.74, 6) is 2.51. The van der Waals surface area contributed by atoms with Crippen LogP contribution < -0.4 is 0 Å². The van der Waals surface area contributed by atoms with Gasteiger partial charge in [-0.1, -0.05) is 25.5 Å². The van der Waals surface area contributed by atoms with Crippen LogP contribution in [-0.2, 0) is 4.79 Å². The van der Waals surface area contributed by atoms with E-state index in [0.717, 1.165) is 12.3 Å². The zero-order valence-corrected chi connectivity index (χ0v) is 10.8. The predicted molar refractivity (Wildman–Crippen MR) is 65.0 cm³/mol. The third kappa shape index (κ3) is 0.846. The van der Waals surface area contributed by atoms with Gasteiger partial charge in [0, 0.05) is 6.42 Å². The summed E-state index contributed by atoms with van der Waals surface area (Å²) in [6.07, 6.45) is 5.72. The van der Waals surface area contributed by atoms with Gasteiger partial charge in [0.05, 0.1) is 5.41 Å². The van der Waals surface area contributed by atoms with Gasteiger partial charge in [-0.25, -0.2) is 0 Å². The molecule has 0 aliphatic heterocycles. The molecule has 0 N–H and O–H groups in total. The molecule has 0 aromatic carbocycles. The Morgan fingerprint density at radius 3 is 2.75 bits per heavy atom. The van der Waals surface area contributed by atoms with E-state index in [2.05, 4.69) is 33.8 Å². The van der Waals surface area contributed by atoms with Crippen molar-refractivity contribution in [2.45, 2.75) is 47.0 Å². The Hall–Kier alpha value is -0.590. The molecule has 1 heteroatoms. The highest BCUT2D eigenvalue weighted by Crippen LogP contribution is 2.71. The average molecular weight is 218 g/mol. The van der Waals surface area contributed by atoms with Crippen LogP contribution in [0.4, 0.5) is 0 Å². The second-order valence-electron chi connectivity index (χ2n) is 6.60. The van der Waals surface area contributed by atoms with E-state index in [1.54, 1.807) is 0 Å². The molecule has 0 aromatic heterocycles. The van der Waals surface area contributed by atoms with Crippen LogP contribution in [0.2, 0.25) is 0 Å². The van der Waals surface area contributed by atoms with E-state index in [-0.39, 0.29) is 10.8 Å². The standard InChI is InChI=1S/C15H22O/c1-9-5-6-15-11(3)10(2)8-14(15,4)13(16)7-12(9)15/h8-9,11-12H,5-7H2,1-4H3/t9-,11+,12+,14-,15-/m1/s1. The lowest BCUT2D eigenvalue weighted by molar-refractivity contribution is -0.126. The van der Waals surface area contributed by atoms with Crippen LogP contribution in [0.3, 0.4) is 0 Å². The fraction of sp³-hybridized carbons (Fsp3) is 0.800. The molecule has 2 saturated carbocycles. The van der Waals surface area contributed by atoms with Gasteiger partial charge in [-0.2, -0.15) is 0 Å². The van der Waals surface area contributed by atoms with Gasteiger partial charge in [0.1, 0.15) is 5.78 Å². The fourth-order valence-electron chi connectivity index (χ4n) is 5.25. The molecule has 0 unspecified atom stereocenters. The molecule has 0 saturated heterocycles. The third-order valence-electron chi connectivity index (χ3n) is 6.29. The minimum Gasteiger partial charge on any atom is -0.299 e. The molecule has 2 fully saturated rings. The normalized spacial score (nSPS) is 55.1. The highest BCUT2D eigenvalue weighted by atomic mass is 16.1. The maximum Gasteiger partial charge on any atom is 0.143 e. The number of rotatable bonds is 0. The van der Waals surface area contributed by atoms with Crippen molar-refractivity contribution in [1.82, 2.24) is 0 Å². The first-order valence-electron chi connectivity index (χ1n) is 6.66. The Balaban J connectivity index is 2.18. The lowest BCUT2D eigenvalue weighted by Crippen LogP contribution is -2.40. The summed E-state index contributed by atoms with van der Waals surface area (Å²) in [6.45, 7) is 9.12. The monoisotopic (exact) mass is 218 g/mol. The van der Waals surface area contributed by atoms with Crippen molar-refractivity contribution in [3.8, 4) is 0 Å². The minimum absolute atomic E-state index is 0.133. The van der Waals surface area contributed by atoms with Crippen LogP contribution in [0, 0.1) is 28.6 Å². The van der Waals surface area contributed by atoms with E-state index in [1.807, 2.05) is 0 Å². The van der Waals surface area contributed by atoms with Crippen LogP contribution in [-0.4, -0.2) is 5.78 Å². The highest BCUT2D eigenvalue weighted by molar-refractivity contribution is 5.91. The zero-order valence-electron chi connectivity index (χ0n) is 10.8. The van der Waals surface area contributed by atoms with Crippen LogP contribution in [0.1, 0.15) is 47.0 Å². The number of carbonyl (C=O) groups excluding carboxylic acids is 1. The first kappa shape index (κ1) is 10.6. The van der Waals surface area contributed by atoms with Gasteiger partial charge < -0.3 is 0 Å². The van der Waals surface area contributed by atoms with Gasteiger partial charge in [-0.05, 0) is 49.9 Å². The molecular weight excluding hydrogens is 196 g/mol. The molecule has 0 bridgehead atoms. The third-order valence-corrected chi connectivity index (χ3v) is 6.29. The fourth-order valence-corrected chi connectivity index (χ4v) is 5.25. The Morgan fingerprint density at radius 2 is 2.06 bits per heavy atom. The highest BCUT2D eigenvalue weighted by Gasteiger charge is 2.69. The number of carbonyl (C=O) groups is 1. The Bertz CT molecular complexity index is 394. The number of hydrogen-bond donors (Lipinski definition) is 0. The van der Waals surface area contributed by atoms with Crippen LogP contribution in [0.15, 0.2) is 11.6 Å². The largest absolute Gasteiger partial charge is 0.299 e. The molecule has 1 nitrogen and oxygen atoms in total. The van der Waals surface area contributed by atoms with Crippen molar-refractivity contribution in [3.05, 3.63) is 11.6 Å². The molecule has 88 valence electrons. The summed E-state index contributed by atoms with van der Waals surface area (Å²) < 4.78 is 0. The van der Waals surface area contributed by atoms with Crippen molar-refractivity contribution < 1.29 is 4.79 Å². The van der Waals surface area contributed by atoms with Crippen molar-refractivity contribution in [1.29, 1.82) is 0 Å². The maximum atomic E-state index is 12.4. The van der Waals surface area contributed by atoms with E-state index in [0.29, 0.717) is 17.6 Å². The van der Waals surface area contributed by atoms with Crippen molar-refractivity contribution >= 4 is 5.78 Å². The molecule has 0 amide bonds. The second kappa shape index (κ2) is 2.80. The van der Waals surface area contributed by atoms with Crippen LogP contribution >= 0.6 is 0 Å². The van der Waals surface area contributed by atoms with E-state index >= 15 is 0 Å². The summed E-state index contributed by atoms with van der Waals surface area (Å²) in [5.41, 5.74) is 1.61. The van der Waals surface area contributed by atoms with Gasteiger partial charge in [-0.3, -0.25) is 4.79 Å². The average Bonchev–Trinajstić information content (AvgIpc) is 2.72. The van der Waals surface area contributed by atoms with Crippen LogP contribution in [0.5, 0.6) is 0 Å². The number of allylic oxidation sites excluding steroid dienone is 2. The summed E-state index contributed by atoms with van der Waals surface area (Å²) >= 11 is 0. The Morgan fingerprint density at radius 1 is 1.38 bits per heavy atom. The van der Waals surface area contributed by atoms with E-state index < -0.39 is 0 Å². The molecule has 1 spiro atoms. The number of hydrogen-bond acceptors (Lipinski definition) is 1. The maximum absolute atomic E-state index is 12.4. The van der Waals surface area contributed by atoms with E-state index in [4.69, 9.17) is 0 Å². The zero-order chi connectivity index (χ0) is 11.7. The molecule has 3 rings (SSSR count). The molecule has 16 heavy (non-hydrogen) atoms. The number of ketones is 1. The number of Topliss-reactive ketones (excluding diaryl/α,β-unsaturated/α-hetero) is 1. The lowest BCUT2D eigenvalue weighted by Gasteiger charge is -2.41. The van der Waals surface area contributed by atoms with E-state index in [1.165, 1.54) is 18.4 Å². The minimum atomic E-state index is -0.133. The van der Waals surface area contributed by atoms with Crippen LogP contribution in [0.25, 0.3) is 0 Å². The van der Waals surface area contributed by atoms with E-state index in [9.17, 15) is 4.79 Å². The smallest absolute Gasteiger partial charge is 0.143 e. The van der Waals surface area contributed by atoms with Gasteiger partial charge in [0.15, 0.2) is 0 Å².